The number of thioether (sulfide) groups is 1. The van der Waals surface area contributed by atoms with E-state index in [0.717, 1.165) is 29.4 Å². The molecule has 4 rings (SSSR count). The van der Waals surface area contributed by atoms with Crippen LogP contribution in [0.15, 0.2) is 57.8 Å². The van der Waals surface area contributed by atoms with E-state index >= 15 is 0 Å². The molecule has 6 nitrogen and oxygen atoms in total. The van der Waals surface area contributed by atoms with Gasteiger partial charge in [-0.05, 0) is 30.2 Å². The summed E-state index contributed by atoms with van der Waals surface area (Å²) in [4.78, 5) is 14.4. The van der Waals surface area contributed by atoms with Gasteiger partial charge in [-0.1, -0.05) is 42.1 Å². The first-order valence-corrected chi connectivity index (χ1v) is 10.2. The molecule has 128 valence electrons. The van der Waals surface area contributed by atoms with Gasteiger partial charge in [0.1, 0.15) is 4.90 Å². The van der Waals surface area contributed by atoms with Crippen molar-refractivity contribution >= 4 is 44.2 Å². The SMILES string of the molecule is O=C(CSC1=NS(=O)(=O)c2ccccc2N1)N1CCc2ccccc21. The monoisotopic (exact) mass is 373 g/mol. The molecule has 1 amide bonds. The summed E-state index contributed by atoms with van der Waals surface area (Å²) in [6.07, 6.45) is 0.841. The van der Waals surface area contributed by atoms with Gasteiger partial charge in [0.25, 0.3) is 10.0 Å². The number of rotatable bonds is 2. The minimum absolute atomic E-state index is 0.0595. The molecule has 0 fully saturated rings. The maximum Gasteiger partial charge on any atom is 0.286 e. The molecule has 0 aromatic heterocycles. The van der Waals surface area contributed by atoms with Crippen molar-refractivity contribution in [3.8, 4) is 0 Å². The Bertz CT molecular complexity index is 986. The minimum Gasteiger partial charge on any atom is -0.333 e. The van der Waals surface area contributed by atoms with E-state index in [2.05, 4.69) is 9.71 Å². The van der Waals surface area contributed by atoms with Gasteiger partial charge in [0.2, 0.25) is 5.91 Å². The lowest BCUT2D eigenvalue weighted by atomic mass is 10.2. The van der Waals surface area contributed by atoms with Crippen LogP contribution in [-0.4, -0.2) is 31.8 Å². The molecule has 2 heterocycles. The Labute approximate surface area is 150 Å². The van der Waals surface area contributed by atoms with Crippen molar-refractivity contribution in [3.63, 3.8) is 0 Å². The van der Waals surface area contributed by atoms with Crippen LogP contribution in [0.5, 0.6) is 0 Å². The van der Waals surface area contributed by atoms with Crippen LogP contribution in [0.1, 0.15) is 5.56 Å². The molecule has 1 N–H and O–H groups in total. The van der Waals surface area contributed by atoms with E-state index in [4.69, 9.17) is 0 Å². The predicted molar refractivity (Wildman–Crippen MR) is 99.6 cm³/mol. The van der Waals surface area contributed by atoms with Crippen LogP contribution in [0.25, 0.3) is 0 Å². The standard InChI is InChI=1S/C17H15N3O3S2/c21-16(20-10-9-12-5-1-3-7-14(12)20)11-24-17-18-13-6-2-4-8-15(13)25(22,23)19-17/h1-8H,9-11H2,(H,18,19). The molecule has 2 aliphatic rings. The molecule has 2 aromatic rings. The third kappa shape index (κ3) is 3.03. The molecule has 0 saturated heterocycles. The van der Waals surface area contributed by atoms with E-state index in [0.29, 0.717) is 12.2 Å². The van der Waals surface area contributed by atoms with Gasteiger partial charge in [0.05, 0.1) is 11.4 Å². The van der Waals surface area contributed by atoms with Gasteiger partial charge in [-0.15, -0.1) is 4.40 Å². The highest BCUT2D eigenvalue weighted by molar-refractivity contribution is 8.15. The lowest BCUT2D eigenvalue weighted by Gasteiger charge is -2.19. The largest absolute Gasteiger partial charge is 0.333 e. The summed E-state index contributed by atoms with van der Waals surface area (Å²) in [7, 11) is -3.73. The molecule has 0 saturated carbocycles. The highest BCUT2D eigenvalue weighted by Crippen LogP contribution is 2.30. The lowest BCUT2D eigenvalue weighted by Crippen LogP contribution is -2.31. The van der Waals surface area contributed by atoms with Crippen molar-refractivity contribution in [2.24, 2.45) is 4.40 Å². The van der Waals surface area contributed by atoms with Crippen LogP contribution in [0.3, 0.4) is 0 Å². The van der Waals surface area contributed by atoms with Gasteiger partial charge in [0.15, 0.2) is 5.17 Å². The number of fused-ring (bicyclic) bond motifs is 2. The highest BCUT2D eigenvalue weighted by Gasteiger charge is 2.27. The third-order valence-corrected chi connectivity index (χ3v) is 6.44. The zero-order valence-electron chi connectivity index (χ0n) is 13.2. The molecule has 0 radical (unpaired) electrons. The van der Waals surface area contributed by atoms with Gasteiger partial charge < -0.3 is 10.2 Å². The molecule has 0 bridgehead atoms. The number of nitrogens with one attached hydrogen (secondary N) is 1. The fourth-order valence-electron chi connectivity index (χ4n) is 2.96. The summed E-state index contributed by atoms with van der Waals surface area (Å²) in [5, 5.41) is 3.20. The van der Waals surface area contributed by atoms with E-state index in [1.54, 1.807) is 23.1 Å². The Kier molecular flexibility index (Phi) is 4.01. The smallest absolute Gasteiger partial charge is 0.286 e. The van der Waals surface area contributed by atoms with Crippen LogP contribution in [0, 0.1) is 0 Å². The van der Waals surface area contributed by atoms with E-state index in [1.165, 1.54) is 6.07 Å². The Balaban J connectivity index is 1.48. The van der Waals surface area contributed by atoms with Gasteiger partial charge in [-0.3, -0.25) is 4.79 Å². The average molecular weight is 373 g/mol. The number of hydrogen-bond acceptors (Lipinski definition) is 5. The summed E-state index contributed by atoms with van der Waals surface area (Å²) in [5.74, 6) is 0.0633. The van der Waals surface area contributed by atoms with Crippen LogP contribution in [-0.2, 0) is 21.2 Å². The van der Waals surface area contributed by atoms with Crippen molar-refractivity contribution in [3.05, 3.63) is 54.1 Å². The minimum atomic E-state index is -3.73. The highest BCUT2D eigenvalue weighted by atomic mass is 32.2. The normalized spacial score (nSPS) is 17.3. The van der Waals surface area contributed by atoms with Crippen molar-refractivity contribution in [2.75, 3.05) is 22.5 Å². The van der Waals surface area contributed by atoms with E-state index in [-0.39, 0.29) is 21.7 Å². The number of carbonyl (C=O) groups is 1. The number of amides is 1. The number of amidine groups is 1. The molecule has 8 heteroatoms. The summed E-state index contributed by atoms with van der Waals surface area (Å²) in [6, 6.07) is 14.4. The Morgan fingerprint density at radius 1 is 1.16 bits per heavy atom. The van der Waals surface area contributed by atoms with Crippen molar-refractivity contribution in [1.82, 2.24) is 0 Å². The first kappa shape index (κ1) is 16.2. The Morgan fingerprint density at radius 3 is 2.80 bits per heavy atom. The number of hydrogen-bond donors (Lipinski definition) is 1. The number of benzene rings is 2. The quantitative estimate of drug-likeness (QED) is 0.875. The zero-order chi connectivity index (χ0) is 17.4. The first-order chi connectivity index (χ1) is 12.0. The summed E-state index contributed by atoms with van der Waals surface area (Å²) in [6.45, 7) is 0.653. The second-order valence-corrected chi connectivity index (χ2v) is 8.24. The maximum absolute atomic E-state index is 12.5. The summed E-state index contributed by atoms with van der Waals surface area (Å²) in [5.41, 5.74) is 2.58. The lowest BCUT2D eigenvalue weighted by molar-refractivity contribution is -0.116. The van der Waals surface area contributed by atoms with E-state index in [1.807, 2.05) is 24.3 Å². The predicted octanol–water partition coefficient (Wildman–Crippen LogP) is 2.48. The van der Waals surface area contributed by atoms with E-state index in [9.17, 15) is 13.2 Å². The van der Waals surface area contributed by atoms with Crippen molar-refractivity contribution in [2.45, 2.75) is 11.3 Å². The molecule has 0 atom stereocenters. The van der Waals surface area contributed by atoms with Crippen molar-refractivity contribution in [1.29, 1.82) is 0 Å². The average Bonchev–Trinajstić information content (AvgIpc) is 3.03. The first-order valence-electron chi connectivity index (χ1n) is 7.77. The molecular weight excluding hydrogens is 358 g/mol. The summed E-state index contributed by atoms with van der Waals surface area (Å²) >= 11 is 1.10. The zero-order valence-corrected chi connectivity index (χ0v) is 14.8. The van der Waals surface area contributed by atoms with E-state index < -0.39 is 10.0 Å². The summed E-state index contributed by atoms with van der Waals surface area (Å²) < 4.78 is 28.2. The van der Waals surface area contributed by atoms with Crippen LogP contribution in [0.2, 0.25) is 0 Å². The molecule has 25 heavy (non-hydrogen) atoms. The topological polar surface area (TPSA) is 78.8 Å². The second-order valence-electron chi connectivity index (χ2n) is 5.71. The maximum atomic E-state index is 12.5. The number of sulfonamides is 1. The number of carbonyl (C=O) groups excluding carboxylic acids is 1. The van der Waals surface area contributed by atoms with Gasteiger partial charge in [-0.2, -0.15) is 8.42 Å². The number of anilines is 2. The van der Waals surface area contributed by atoms with Gasteiger partial charge >= 0.3 is 0 Å². The van der Waals surface area contributed by atoms with Crippen LogP contribution < -0.4 is 10.2 Å². The molecule has 2 aliphatic heterocycles. The number of nitrogens with zero attached hydrogens (tertiary/aromatic N) is 2. The van der Waals surface area contributed by atoms with Gasteiger partial charge in [0, 0.05) is 12.2 Å². The molecule has 0 spiro atoms. The molecular formula is C17H15N3O3S2. The third-order valence-electron chi connectivity index (χ3n) is 4.13. The van der Waals surface area contributed by atoms with Crippen LogP contribution >= 0.6 is 11.8 Å². The fourth-order valence-corrected chi connectivity index (χ4v) is 5.07. The Morgan fingerprint density at radius 2 is 1.92 bits per heavy atom. The fraction of sp³-hybridized carbons (Fsp3) is 0.176. The van der Waals surface area contributed by atoms with Gasteiger partial charge in [-0.25, -0.2) is 0 Å². The molecule has 2 aromatic carbocycles. The molecule has 0 aliphatic carbocycles. The molecule has 0 unspecified atom stereocenters. The van der Waals surface area contributed by atoms with Crippen molar-refractivity contribution < 1.29 is 13.2 Å². The second kappa shape index (κ2) is 6.20. The van der Waals surface area contributed by atoms with Crippen LogP contribution in [0.4, 0.5) is 11.4 Å². The number of para-hydroxylation sites is 2. The Hall–Kier alpha value is -2.32.